The normalized spacial score (nSPS) is 17.4. The van der Waals surface area contributed by atoms with Crippen molar-refractivity contribution in [3.8, 4) is 11.6 Å². The van der Waals surface area contributed by atoms with Crippen molar-refractivity contribution < 1.29 is 13.2 Å². The molecule has 1 unspecified atom stereocenters. The molecule has 0 aliphatic carbocycles. The highest BCUT2D eigenvalue weighted by Gasteiger charge is 2.34. The molecule has 1 atom stereocenters. The molecule has 1 fully saturated rings. The SMILES string of the molecule is Cc1ccc(S(=O)(=O)N2CCN(c3cc(Oc4cc(C)ccc4Cl)ncn3)CC2C)cc1. The second-order valence-corrected chi connectivity index (χ2v) is 10.3. The van der Waals surface area contributed by atoms with E-state index in [-0.39, 0.29) is 6.04 Å². The fourth-order valence-electron chi connectivity index (χ4n) is 3.71. The average Bonchev–Trinajstić information content (AvgIpc) is 2.76. The van der Waals surface area contributed by atoms with Crippen LogP contribution < -0.4 is 9.64 Å². The number of halogens is 1. The van der Waals surface area contributed by atoms with Crippen LogP contribution in [-0.4, -0.2) is 48.4 Å². The standard InChI is InChI=1S/C23H25ClN4O3S/c1-16-4-7-19(8-5-16)32(29,30)28-11-10-27(14-18(28)3)22-13-23(26-15-25-22)31-21-12-17(2)6-9-20(21)24/h4-9,12-13,15,18H,10-11,14H2,1-3H3. The first-order valence-corrected chi connectivity index (χ1v) is 12.2. The van der Waals surface area contributed by atoms with Gasteiger partial charge in [0.15, 0.2) is 0 Å². The van der Waals surface area contributed by atoms with Crippen molar-refractivity contribution in [3.05, 3.63) is 71.0 Å². The fourth-order valence-corrected chi connectivity index (χ4v) is 5.48. The molecule has 1 aliphatic heterocycles. The maximum absolute atomic E-state index is 13.1. The van der Waals surface area contributed by atoms with Crippen molar-refractivity contribution in [1.29, 1.82) is 0 Å². The largest absolute Gasteiger partial charge is 0.437 e. The summed E-state index contributed by atoms with van der Waals surface area (Å²) in [7, 11) is -3.56. The molecule has 168 valence electrons. The molecule has 1 aromatic heterocycles. The van der Waals surface area contributed by atoms with Crippen molar-refractivity contribution in [2.45, 2.75) is 31.7 Å². The highest BCUT2D eigenvalue weighted by molar-refractivity contribution is 7.89. The fraction of sp³-hybridized carbons (Fsp3) is 0.304. The first-order valence-electron chi connectivity index (χ1n) is 10.3. The number of anilines is 1. The highest BCUT2D eigenvalue weighted by atomic mass is 35.5. The Morgan fingerprint density at radius 3 is 2.44 bits per heavy atom. The Morgan fingerprint density at radius 2 is 1.72 bits per heavy atom. The number of nitrogens with zero attached hydrogens (tertiary/aromatic N) is 4. The van der Waals surface area contributed by atoms with E-state index in [1.165, 1.54) is 6.33 Å². The molecular weight excluding hydrogens is 448 g/mol. The third-order valence-electron chi connectivity index (χ3n) is 5.45. The van der Waals surface area contributed by atoms with E-state index in [0.717, 1.165) is 11.1 Å². The first kappa shape index (κ1) is 22.5. The molecule has 9 heteroatoms. The summed E-state index contributed by atoms with van der Waals surface area (Å²) in [5.41, 5.74) is 2.05. The van der Waals surface area contributed by atoms with Crippen molar-refractivity contribution >= 4 is 27.4 Å². The maximum atomic E-state index is 13.1. The third-order valence-corrected chi connectivity index (χ3v) is 7.79. The van der Waals surface area contributed by atoms with Gasteiger partial charge in [-0.25, -0.2) is 18.4 Å². The molecular formula is C23H25ClN4O3S. The molecule has 32 heavy (non-hydrogen) atoms. The lowest BCUT2D eigenvalue weighted by molar-refractivity contribution is 0.305. The number of aromatic nitrogens is 2. The summed E-state index contributed by atoms with van der Waals surface area (Å²) < 4.78 is 33.7. The molecule has 0 N–H and O–H groups in total. The van der Waals surface area contributed by atoms with Gasteiger partial charge in [0, 0.05) is 31.7 Å². The lowest BCUT2D eigenvalue weighted by Crippen LogP contribution is -2.54. The lowest BCUT2D eigenvalue weighted by atomic mass is 10.2. The number of hydrogen-bond donors (Lipinski definition) is 0. The van der Waals surface area contributed by atoms with E-state index >= 15 is 0 Å². The molecule has 0 bridgehead atoms. The van der Waals surface area contributed by atoms with Crippen LogP contribution in [0.1, 0.15) is 18.1 Å². The zero-order valence-electron chi connectivity index (χ0n) is 18.2. The number of piperazine rings is 1. The van der Waals surface area contributed by atoms with E-state index < -0.39 is 10.0 Å². The van der Waals surface area contributed by atoms with Crippen LogP contribution in [0, 0.1) is 13.8 Å². The Balaban J connectivity index is 1.49. The number of ether oxygens (including phenoxy) is 1. The van der Waals surface area contributed by atoms with Gasteiger partial charge in [-0.1, -0.05) is 35.4 Å². The summed E-state index contributed by atoms with van der Waals surface area (Å²) in [4.78, 5) is 10.9. The van der Waals surface area contributed by atoms with Gasteiger partial charge in [0.2, 0.25) is 15.9 Å². The Morgan fingerprint density at radius 1 is 1.00 bits per heavy atom. The van der Waals surface area contributed by atoms with E-state index in [1.54, 1.807) is 28.6 Å². The molecule has 2 heterocycles. The van der Waals surface area contributed by atoms with Crippen LogP contribution in [0.5, 0.6) is 11.6 Å². The number of hydrogen-bond acceptors (Lipinski definition) is 6. The minimum atomic E-state index is -3.56. The average molecular weight is 473 g/mol. The Hall–Kier alpha value is -2.68. The van der Waals surface area contributed by atoms with Crippen LogP contribution in [0.4, 0.5) is 5.82 Å². The number of aryl methyl sites for hydroxylation is 2. The Bertz CT molecular complexity index is 1220. The number of rotatable bonds is 5. The molecule has 3 aromatic rings. The van der Waals surface area contributed by atoms with Crippen LogP contribution in [0.15, 0.2) is 59.8 Å². The van der Waals surface area contributed by atoms with Crippen LogP contribution in [0.25, 0.3) is 0 Å². The monoisotopic (exact) mass is 472 g/mol. The van der Waals surface area contributed by atoms with Crippen molar-refractivity contribution in [3.63, 3.8) is 0 Å². The number of sulfonamides is 1. The summed E-state index contributed by atoms with van der Waals surface area (Å²) in [6.45, 7) is 7.18. The predicted octanol–water partition coefficient (Wildman–Crippen LogP) is 4.44. The molecule has 0 amide bonds. The van der Waals surface area contributed by atoms with Gasteiger partial charge in [-0.2, -0.15) is 4.31 Å². The zero-order chi connectivity index (χ0) is 22.9. The van der Waals surface area contributed by atoms with Gasteiger partial charge >= 0.3 is 0 Å². The molecule has 0 radical (unpaired) electrons. The minimum Gasteiger partial charge on any atom is -0.437 e. The van der Waals surface area contributed by atoms with Crippen molar-refractivity contribution in [2.75, 3.05) is 24.5 Å². The van der Waals surface area contributed by atoms with Crippen LogP contribution in [0.2, 0.25) is 5.02 Å². The van der Waals surface area contributed by atoms with E-state index in [2.05, 4.69) is 9.97 Å². The summed E-state index contributed by atoms with van der Waals surface area (Å²) in [6.07, 6.45) is 1.44. The first-order chi connectivity index (χ1) is 15.2. The van der Waals surface area contributed by atoms with E-state index in [4.69, 9.17) is 16.3 Å². The molecule has 2 aromatic carbocycles. The topological polar surface area (TPSA) is 75.6 Å². The summed E-state index contributed by atoms with van der Waals surface area (Å²) in [6, 6.07) is 14.0. The van der Waals surface area contributed by atoms with Gasteiger partial charge in [-0.05, 0) is 50.6 Å². The quantitative estimate of drug-likeness (QED) is 0.546. The van der Waals surface area contributed by atoms with Crippen molar-refractivity contribution in [2.24, 2.45) is 0 Å². The van der Waals surface area contributed by atoms with Gasteiger partial charge in [0.1, 0.15) is 17.9 Å². The van der Waals surface area contributed by atoms with Gasteiger partial charge in [0.25, 0.3) is 0 Å². The smallest absolute Gasteiger partial charge is 0.243 e. The minimum absolute atomic E-state index is 0.222. The highest BCUT2D eigenvalue weighted by Crippen LogP contribution is 2.31. The van der Waals surface area contributed by atoms with Gasteiger partial charge in [0.05, 0.1) is 9.92 Å². The van der Waals surface area contributed by atoms with E-state index in [9.17, 15) is 8.42 Å². The molecule has 7 nitrogen and oxygen atoms in total. The van der Waals surface area contributed by atoms with Crippen LogP contribution in [0.3, 0.4) is 0 Å². The Labute approximate surface area is 193 Å². The Kier molecular flexibility index (Phi) is 6.37. The predicted molar refractivity (Wildman–Crippen MR) is 125 cm³/mol. The lowest BCUT2D eigenvalue weighted by Gasteiger charge is -2.39. The third kappa shape index (κ3) is 4.72. The summed E-state index contributed by atoms with van der Waals surface area (Å²) in [5.74, 6) is 1.58. The molecule has 1 saturated heterocycles. The maximum Gasteiger partial charge on any atom is 0.243 e. The molecule has 0 spiro atoms. The van der Waals surface area contributed by atoms with Gasteiger partial charge in [-0.3, -0.25) is 0 Å². The number of benzene rings is 2. The second kappa shape index (κ2) is 9.05. The summed E-state index contributed by atoms with van der Waals surface area (Å²) in [5, 5.41) is 0.499. The van der Waals surface area contributed by atoms with E-state index in [1.807, 2.05) is 49.9 Å². The van der Waals surface area contributed by atoms with Gasteiger partial charge < -0.3 is 9.64 Å². The van der Waals surface area contributed by atoms with Crippen LogP contribution >= 0.6 is 11.6 Å². The zero-order valence-corrected chi connectivity index (χ0v) is 19.8. The molecule has 0 saturated carbocycles. The van der Waals surface area contributed by atoms with Gasteiger partial charge in [-0.15, -0.1) is 0 Å². The van der Waals surface area contributed by atoms with E-state index in [0.29, 0.717) is 47.0 Å². The summed E-state index contributed by atoms with van der Waals surface area (Å²) >= 11 is 6.23. The van der Waals surface area contributed by atoms with Crippen LogP contribution in [-0.2, 0) is 10.0 Å². The molecule has 1 aliphatic rings. The second-order valence-electron chi connectivity index (χ2n) is 7.97. The van der Waals surface area contributed by atoms with Crippen molar-refractivity contribution in [1.82, 2.24) is 14.3 Å². The molecule has 4 rings (SSSR count).